The number of amides is 1. The Bertz CT molecular complexity index is 657. The molecule has 1 N–H and O–H groups in total. The summed E-state index contributed by atoms with van der Waals surface area (Å²) in [6, 6.07) is 2.38. The monoisotopic (exact) mass is 328 g/mol. The number of aryl methyl sites for hydroxylation is 1. The van der Waals surface area contributed by atoms with Crippen molar-refractivity contribution in [3.05, 3.63) is 16.0 Å². The van der Waals surface area contributed by atoms with Crippen LogP contribution >= 0.6 is 11.3 Å². The van der Waals surface area contributed by atoms with Gasteiger partial charge >= 0.3 is 0 Å². The first kappa shape index (κ1) is 15.2. The van der Waals surface area contributed by atoms with Crippen molar-refractivity contribution in [2.24, 2.45) is 17.8 Å². The Hall–Kier alpha value is -1.34. The molecule has 3 atom stereocenters. The van der Waals surface area contributed by atoms with Gasteiger partial charge in [0.1, 0.15) is 11.1 Å². The van der Waals surface area contributed by atoms with Gasteiger partial charge in [-0.05, 0) is 62.3 Å². The Labute approximate surface area is 142 Å². The maximum Gasteiger partial charge on any atom is 0.228 e. The predicted octanol–water partition coefficient (Wildman–Crippen LogP) is 4.65. The lowest BCUT2D eigenvalue weighted by Crippen LogP contribution is -2.27. The van der Waals surface area contributed by atoms with E-state index in [9.17, 15) is 10.1 Å². The second-order valence-corrected chi connectivity index (χ2v) is 8.61. The molecule has 2 saturated carbocycles. The van der Waals surface area contributed by atoms with Crippen LogP contribution in [0, 0.1) is 29.1 Å². The van der Waals surface area contributed by atoms with Gasteiger partial charge < -0.3 is 5.32 Å². The Morgan fingerprint density at radius 1 is 1.13 bits per heavy atom. The number of anilines is 1. The van der Waals surface area contributed by atoms with Crippen molar-refractivity contribution in [2.75, 3.05) is 5.32 Å². The third-order valence-corrected chi connectivity index (χ3v) is 7.30. The van der Waals surface area contributed by atoms with E-state index in [4.69, 9.17) is 0 Å². The first-order valence-corrected chi connectivity index (χ1v) is 9.93. The molecule has 0 unspecified atom stereocenters. The molecule has 0 radical (unpaired) electrons. The summed E-state index contributed by atoms with van der Waals surface area (Å²) in [6.07, 6.45) is 11.8. The van der Waals surface area contributed by atoms with Crippen molar-refractivity contribution in [3.63, 3.8) is 0 Å². The van der Waals surface area contributed by atoms with Crippen LogP contribution in [0.2, 0.25) is 0 Å². The van der Waals surface area contributed by atoms with Gasteiger partial charge in [0.25, 0.3) is 0 Å². The van der Waals surface area contributed by atoms with Crippen LogP contribution in [0.5, 0.6) is 0 Å². The molecule has 2 fully saturated rings. The summed E-state index contributed by atoms with van der Waals surface area (Å²) in [5.74, 6) is 1.72. The van der Waals surface area contributed by atoms with Crippen LogP contribution in [0.15, 0.2) is 0 Å². The second-order valence-electron chi connectivity index (χ2n) is 7.50. The SMILES string of the molecule is N#Cc1c(NC(=O)[C@H]2C[C@@H]3CC[C@H]2C3)sc2c1CCCCCC2. The Morgan fingerprint density at radius 3 is 2.65 bits per heavy atom. The normalized spacial score (nSPS) is 29.4. The van der Waals surface area contributed by atoms with Crippen LogP contribution in [0.3, 0.4) is 0 Å². The third-order valence-electron chi connectivity index (χ3n) is 6.09. The van der Waals surface area contributed by atoms with E-state index in [2.05, 4.69) is 11.4 Å². The molecule has 0 aliphatic heterocycles. The van der Waals surface area contributed by atoms with Crippen LogP contribution in [0.4, 0.5) is 5.00 Å². The molecule has 4 rings (SSSR count). The molecule has 0 saturated heterocycles. The fraction of sp³-hybridized carbons (Fsp3) is 0.684. The van der Waals surface area contributed by atoms with E-state index in [1.54, 1.807) is 11.3 Å². The van der Waals surface area contributed by atoms with Crippen molar-refractivity contribution in [3.8, 4) is 6.07 Å². The van der Waals surface area contributed by atoms with Crippen molar-refractivity contribution in [1.29, 1.82) is 5.26 Å². The Morgan fingerprint density at radius 2 is 1.96 bits per heavy atom. The lowest BCUT2D eigenvalue weighted by atomic mass is 9.88. The van der Waals surface area contributed by atoms with Crippen LogP contribution in [0.1, 0.15) is 67.4 Å². The molecule has 2 bridgehead atoms. The molecule has 122 valence electrons. The Kier molecular flexibility index (Phi) is 4.15. The molecule has 0 aromatic carbocycles. The number of rotatable bonds is 2. The standard InChI is InChI=1S/C19H24N2OS/c20-11-16-14-5-3-1-2-4-6-17(14)23-19(16)21-18(22)15-10-12-7-8-13(15)9-12/h12-13,15H,1-10H2,(H,21,22)/t12-,13+,15+/m1/s1. The molecule has 1 heterocycles. The molecule has 4 heteroatoms. The quantitative estimate of drug-likeness (QED) is 0.859. The van der Waals surface area contributed by atoms with Crippen molar-refractivity contribution in [1.82, 2.24) is 0 Å². The van der Waals surface area contributed by atoms with Gasteiger partial charge in [-0.1, -0.05) is 19.3 Å². The van der Waals surface area contributed by atoms with Crippen LogP contribution in [0.25, 0.3) is 0 Å². The lowest BCUT2D eigenvalue weighted by molar-refractivity contribution is -0.121. The molecule has 1 aromatic heterocycles. The minimum Gasteiger partial charge on any atom is -0.316 e. The van der Waals surface area contributed by atoms with E-state index in [1.165, 1.54) is 49.0 Å². The number of nitriles is 1. The van der Waals surface area contributed by atoms with E-state index in [1.807, 2.05) is 0 Å². The van der Waals surface area contributed by atoms with Gasteiger partial charge in [0.2, 0.25) is 5.91 Å². The smallest absolute Gasteiger partial charge is 0.228 e. The Balaban J connectivity index is 1.55. The summed E-state index contributed by atoms with van der Waals surface area (Å²) in [5.41, 5.74) is 1.98. The third kappa shape index (κ3) is 2.80. The van der Waals surface area contributed by atoms with Gasteiger partial charge in [0, 0.05) is 10.8 Å². The lowest BCUT2D eigenvalue weighted by Gasteiger charge is -2.20. The summed E-state index contributed by atoms with van der Waals surface area (Å²) in [6.45, 7) is 0. The number of hydrogen-bond acceptors (Lipinski definition) is 3. The van der Waals surface area contributed by atoms with E-state index >= 15 is 0 Å². The van der Waals surface area contributed by atoms with E-state index in [0.29, 0.717) is 5.92 Å². The molecule has 3 aliphatic carbocycles. The average molecular weight is 328 g/mol. The number of nitrogens with zero attached hydrogens (tertiary/aromatic N) is 1. The van der Waals surface area contributed by atoms with E-state index < -0.39 is 0 Å². The summed E-state index contributed by atoms with van der Waals surface area (Å²) >= 11 is 1.66. The van der Waals surface area contributed by atoms with Crippen molar-refractivity contribution >= 4 is 22.2 Å². The van der Waals surface area contributed by atoms with Gasteiger partial charge in [-0.15, -0.1) is 11.3 Å². The molecule has 1 amide bonds. The molecular formula is C19H24N2OS. The first-order valence-electron chi connectivity index (χ1n) is 9.11. The summed E-state index contributed by atoms with van der Waals surface area (Å²) in [4.78, 5) is 14.0. The van der Waals surface area contributed by atoms with Gasteiger partial charge in [0.15, 0.2) is 0 Å². The van der Waals surface area contributed by atoms with Crippen molar-refractivity contribution in [2.45, 2.75) is 64.2 Å². The van der Waals surface area contributed by atoms with Crippen LogP contribution in [-0.4, -0.2) is 5.91 Å². The second kappa shape index (κ2) is 6.28. The highest BCUT2D eigenvalue weighted by Crippen LogP contribution is 2.49. The summed E-state index contributed by atoms with van der Waals surface area (Å²) < 4.78 is 0. The zero-order chi connectivity index (χ0) is 15.8. The minimum atomic E-state index is 0.169. The first-order chi connectivity index (χ1) is 11.3. The van der Waals surface area contributed by atoms with Gasteiger partial charge in [0.05, 0.1) is 5.56 Å². The number of carbonyl (C=O) groups is 1. The minimum absolute atomic E-state index is 0.169. The number of thiophene rings is 1. The number of fused-ring (bicyclic) bond motifs is 3. The predicted molar refractivity (Wildman–Crippen MR) is 92.5 cm³/mol. The highest BCUT2D eigenvalue weighted by molar-refractivity contribution is 7.16. The number of hydrogen-bond donors (Lipinski definition) is 1. The molecule has 23 heavy (non-hydrogen) atoms. The fourth-order valence-corrected chi connectivity index (χ4v) is 6.14. The summed E-state index contributed by atoms with van der Waals surface area (Å²) in [5, 5.41) is 13.6. The zero-order valence-electron chi connectivity index (χ0n) is 13.6. The highest BCUT2D eigenvalue weighted by Gasteiger charge is 2.43. The summed E-state index contributed by atoms with van der Waals surface area (Å²) in [7, 11) is 0. The molecule has 0 spiro atoms. The zero-order valence-corrected chi connectivity index (χ0v) is 14.4. The average Bonchev–Trinajstić information content (AvgIpc) is 3.22. The van der Waals surface area contributed by atoms with Gasteiger partial charge in [-0.3, -0.25) is 4.79 Å². The number of carbonyl (C=O) groups excluding carboxylic acids is 1. The topological polar surface area (TPSA) is 52.9 Å². The maximum absolute atomic E-state index is 12.7. The maximum atomic E-state index is 12.7. The molecule has 1 aromatic rings. The molecular weight excluding hydrogens is 304 g/mol. The van der Waals surface area contributed by atoms with Gasteiger partial charge in [-0.2, -0.15) is 5.26 Å². The highest BCUT2D eigenvalue weighted by atomic mass is 32.1. The van der Waals surface area contributed by atoms with E-state index in [0.717, 1.165) is 42.2 Å². The molecule has 3 nitrogen and oxygen atoms in total. The van der Waals surface area contributed by atoms with Crippen molar-refractivity contribution < 1.29 is 4.79 Å². The van der Waals surface area contributed by atoms with Crippen LogP contribution < -0.4 is 5.32 Å². The largest absolute Gasteiger partial charge is 0.316 e. The van der Waals surface area contributed by atoms with E-state index in [-0.39, 0.29) is 11.8 Å². The van der Waals surface area contributed by atoms with Gasteiger partial charge in [-0.25, -0.2) is 0 Å². The fourth-order valence-electron chi connectivity index (χ4n) is 4.90. The molecule has 3 aliphatic rings. The number of nitrogens with one attached hydrogen (secondary N) is 1. The van der Waals surface area contributed by atoms with Crippen LogP contribution in [-0.2, 0) is 17.6 Å².